The summed E-state index contributed by atoms with van der Waals surface area (Å²) in [6, 6.07) is 10.3. The first-order chi connectivity index (χ1) is 11.4. The van der Waals surface area contributed by atoms with Crippen LogP contribution in [0.15, 0.2) is 49.1 Å². The lowest BCUT2D eigenvalue weighted by Gasteiger charge is -2.22. The van der Waals surface area contributed by atoms with Gasteiger partial charge in [-0.05, 0) is 5.56 Å². The minimum atomic E-state index is 0.0631. The maximum Gasteiger partial charge on any atom is 0.222 e. The molecule has 0 saturated heterocycles. The number of aromatic nitrogens is 4. The molecule has 0 aliphatic carbocycles. The fraction of sp³-hybridized carbons (Fsp3) is 0.235. The standard InChI is InChI=1S/C17H18N6/c1-2-4-12(5-3-1)8-19-17-20-9-13(10-21-17)15-16-14(6-7-18-15)22-11-23-16/h1-5,9-11,15,18H,6-8H2,(H,22,23)(H,19,20,21)/t15-/m0/s1. The third-order valence-electron chi connectivity index (χ3n) is 4.05. The van der Waals surface area contributed by atoms with Crippen LogP contribution in [0, 0.1) is 0 Å². The molecule has 1 aliphatic rings. The maximum atomic E-state index is 4.43. The number of fused-ring (bicyclic) bond motifs is 1. The van der Waals surface area contributed by atoms with Gasteiger partial charge in [0.25, 0.3) is 0 Å². The predicted octanol–water partition coefficient (Wildman–Crippen LogP) is 2.05. The summed E-state index contributed by atoms with van der Waals surface area (Å²) < 4.78 is 0. The van der Waals surface area contributed by atoms with Crippen molar-refractivity contribution in [2.75, 3.05) is 11.9 Å². The topological polar surface area (TPSA) is 78.5 Å². The van der Waals surface area contributed by atoms with Crippen molar-refractivity contribution in [2.24, 2.45) is 0 Å². The first-order valence-corrected chi connectivity index (χ1v) is 7.75. The summed E-state index contributed by atoms with van der Waals surface area (Å²) in [6.45, 7) is 1.64. The van der Waals surface area contributed by atoms with Crippen molar-refractivity contribution in [3.63, 3.8) is 0 Å². The van der Waals surface area contributed by atoms with Gasteiger partial charge in [0.15, 0.2) is 0 Å². The summed E-state index contributed by atoms with van der Waals surface area (Å²) >= 11 is 0. The van der Waals surface area contributed by atoms with Crippen LogP contribution in [0.2, 0.25) is 0 Å². The molecule has 0 bridgehead atoms. The highest BCUT2D eigenvalue weighted by atomic mass is 15.1. The molecule has 0 radical (unpaired) electrons. The summed E-state index contributed by atoms with van der Waals surface area (Å²) in [5.74, 6) is 0.635. The number of benzene rings is 1. The average Bonchev–Trinajstić information content (AvgIpc) is 3.10. The third kappa shape index (κ3) is 2.93. The van der Waals surface area contributed by atoms with E-state index in [1.54, 1.807) is 6.33 Å². The van der Waals surface area contributed by atoms with Crippen molar-refractivity contribution in [3.8, 4) is 0 Å². The van der Waals surface area contributed by atoms with E-state index in [4.69, 9.17) is 0 Å². The molecule has 2 aromatic heterocycles. The van der Waals surface area contributed by atoms with Gasteiger partial charge in [-0.25, -0.2) is 15.0 Å². The third-order valence-corrected chi connectivity index (χ3v) is 4.05. The van der Waals surface area contributed by atoms with Crippen LogP contribution in [0.5, 0.6) is 0 Å². The van der Waals surface area contributed by atoms with Gasteiger partial charge in [-0.1, -0.05) is 30.3 Å². The largest absolute Gasteiger partial charge is 0.350 e. The number of anilines is 1. The summed E-state index contributed by atoms with van der Waals surface area (Å²) in [5, 5.41) is 6.71. The van der Waals surface area contributed by atoms with Crippen molar-refractivity contribution in [1.29, 1.82) is 0 Å². The Kier molecular flexibility index (Phi) is 3.73. The van der Waals surface area contributed by atoms with Crippen molar-refractivity contribution in [3.05, 3.63) is 71.6 Å². The van der Waals surface area contributed by atoms with E-state index in [0.29, 0.717) is 12.5 Å². The van der Waals surface area contributed by atoms with Gasteiger partial charge in [-0.3, -0.25) is 0 Å². The predicted molar refractivity (Wildman–Crippen MR) is 87.9 cm³/mol. The quantitative estimate of drug-likeness (QED) is 0.687. The molecule has 0 unspecified atom stereocenters. The molecule has 0 saturated carbocycles. The van der Waals surface area contributed by atoms with E-state index in [1.807, 2.05) is 30.6 Å². The van der Waals surface area contributed by atoms with Crippen molar-refractivity contribution < 1.29 is 0 Å². The molecule has 0 fully saturated rings. The molecule has 6 nitrogen and oxygen atoms in total. The van der Waals surface area contributed by atoms with Crippen LogP contribution in [0.3, 0.4) is 0 Å². The lowest BCUT2D eigenvalue weighted by molar-refractivity contribution is 0.551. The van der Waals surface area contributed by atoms with Gasteiger partial charge < -0.3 is 15.6 Å². The lowest BCUT2D eigenvalue weighted by Crippen LogP contribution is -2.30. The van der Waals surface area contributed by atoms with E-state index in [-0.39, 0.29) is 6.04 Å². The second kappa shape index (κ2) is 6.18. The number of H-pyrrole nitrogens is 1. The molecule has 3 heterocycles. The van der Waals surface area contributed by atoms with Gasteiger partial charge in [-0.2, -0.15) is 0 Å². The molecule has 23 heavy (non-hydrogen) atoms. The fourth-order valence-corrected chi connectivity index (χ4v) is 2.85. The summed E-state index contributed by atoms with van der Waals surface area (Å²) in [7, 11) is 0. The molecule has 3 aromatic rings. The Labute approximate surface area is 134 Å². The monoisotopic (exact) mass is 306 g/mol. The SMILES string of the molecule is c1ccc(CNc2ncc([C@@H]3NCCc4[nH]cnc43)cn2)cc1. The van der Waals surface area contributed by atoms with Gasteiger partial charge in [0.05, 0.1) is 18.1 Å². The molecular weight excluding hydrogens is 288 g/mol. The highest BCUT2D eigenvalue weighted by molar-refractivity contribution is 5.33. The lowest BCUT2D eigenvalue weighted by atomic mass is 10.0. The van der Waals surface area contributed by atoms with E-state index in [1.165, 1.54) is 11.3 Å². The molecular formula is C17H18N6. The van der Waals surface area contributed by atoms with Gasteiger partial charge in [0.1, 0.15) is 0 Å². The Hall–Kier alpha value is -2.73. The Morgan fingerprint density at radius 2 is 1.91 bits per heavy atom. The number of rotatable bonds is 4. The highest BCUT2D eigenvalue weighted by Gasteiger charge is 2.24. The van der Waals surface area contributed by atoms with Crippen LogP contribution in [-0.4, -0.2) is 26.5 Å². The summed E-state index contributed by atoms with van der Waals surface area (Å²) in [6.07, 6.45) is 6.45. The van der Waals surface area contributed by atoms with Crippen molar-refractivity contribution in [1.82, 2.24) is 25.3 Å². The molecule has 0 spiro atoms. The first kappa shape index (κ1) is 13.9. The van der Waals surface area contributed by atoms with Gasteiger partial charge >= 0.3 is 0 Å². The number of hydrogen-bond donors (Lipinski definition) is 3. The zero-order valence-electron chi connectivity index (χ0n) is 12.7. The van der Waals surface area contributed by atoms with Crippen LogP contribution in [0.1, 0.15) is 28.6 Å². The smallest absolute Gasteiger partial charge is 0.222 e. The Bertz CT molecular complexity index is 765. The maximum absolute atomic E-state index is 4.43. The molecule has 6 heteroatoms. The Balaban J connectivity index is 1.47. The second-order valence-electron chi connectivity index (χ2n) is 5.58. The fourth-order valence-electron chi connectivity index (χ4n) is 2.85. The van der Waals surface area contributed by atoms with Crippen molar-refractivity contribution >= 4 is 5.95 Å². The summed E-state index contributed by atoms with van der Waals surface area (Å²) in [5.41, 5.74) is 4.48. The molecule has 3 N–H and O–H groups in total. The first-order valence-electron chi connectivity index (χ1n) is 7.75. The number of hydrogen-bond acceptors (Lipinski definition) is 5. The van der Waals surface area contributed by atoms with Crippen LogP contribution in [-0.2, 0) is 13.0 Å². The van der Waals surface area contributed by atoms with Gasteiger partial charge in [0.2, 0.25) is 5.95 Å². The molecule has 1 aromatic carbocycles. The number of imidazole rings is 1. The van der Waals surface area contributed by atoms with Gasteiger partial charge in [0, 0.05) is 43.2 Å². The van der Waals surface area contributed by atoms with E-state index in [2.05, 4.69) is 42.7 Å². The Morgan fingerprint density at radius 1 is 1.09 bits per heavy atom. The van der Waals surface area contributed by atoms with E-state index >= 15 is 0 Å². The minimum absolute atomic E-state index is 0.0631. The van der Waals surface area contributed by atoms with Crippen LogP contribution in [0.25, 0.3) is 0 Å². The molecule has 1 atom stereocenters. The Morgan fingerprint density at radius 3 is 2.74 bits per heavy atom. The molecule has 4 rings (SSSR count). The zero-order valence-corrected chi connectivity index (χ0v) is 12.7. The van der Waals surface area contributed by atoms with Gasteiger partial charge in [-0.15, -0.1) is 0 Å². The van der Waals surface area contributed by atoms with Crippen LogP contribution < -0.4 is 10.6 Å². The number of nitrogens with one attached hydrogen (secondary N) is 3. The highest BCUT2D eigenvalue weighted by Crippen LogP contribution is 2.25. The normalized spacial score (nSPS) is 16.8. The minimum Gasteiger partial charge on any atom is -0.350 e. The second-order valence-corrected chi connectivity index (χ2v) is 5.58. The van der Waals surface area contributed by atoms with E-state index < -0.39 is 0 Å². The number of nitrogens with zero attached hydrogens (tertiary/aromatic N) is 3. The molecule has 116 valence electrons. The van der Waals surface area contributed by atoms with E-state index in [9.17, 15) is 0 Å². The molecule has 0 amide bonds. The zero-order chi connectivity index (χ0) is 15.5. The van der Waals surface area contributed by atoms with E-state index in [0.717, 1.165) is 24.2 Å². The van der Waals surface area contributed by atoms with Crippen molar-refractivity contribution in [2.45, 2.75) is 19.0 Å². The average molecular weight is 306 g/mol. The molecule has 1 aliphatic heterocycles. The van der Waals surface area contributed by atoms with Crippen LogP contribution in [0.4, 0.5) is 5.95 Å². The number of aromatic amines is 1. The van der Waals surface area contributed by atoms with Crippen LogP contribution >= 0.6 is 0 Å². The summed E-state index contributed by atoms with van der Waals surface area (Å²) in [4.78, 5) is 16.5.